The van der Waals surface area contributed by atoms with Crippen molar-refractivity contribution in [2.45, 2.75) is 31.3 Å². The predicted octanol–water partition coefficient (Wildman–Crippen LogP) is 2.10. The third kappa shape index (κ3) is 3.56. The highest BCUT2D eigenvalue weighted by Crippen LogP contribution is 2.36. The van der Waals surface area contributed by atoms with E-state index in [1.165, 1.54) is 6.07 Å². The molecule has 4 nitrogen and oxygen atoms in total. The lowest BCUT2D eigenvalue weighted by Gasteiger charge is -2.24. The zero-order valence-corrected chi connectivity index (χ0v) is 12.8. The molecule has 5 heteroatoms. The summed E-state index contributed by atoms with van der Waals surface area (Å²) >= 11 is 0. The lowest BCUT2D eigenvalue weighted by Crippen LogP contribution is -2.39. The van der Waals surface area contributed by atoms with Crippen molar-refractivity contribution in [1.29, 1.82) is 0 Å². The van der Waals surface area contributed by atoms with Crippen LogP contribution >= 0.6 is 0 Å². The van der Waals surface area contributed by atoms with Crippen molar-refractivity contribution in [3.05, 3.63) is 65.2 Å². The Bertz CT molecular complexity index is 720. The molecule has 0 fully saturated rings. The third-order valence-corrected chi connectivity index (χ3v) is 4.31. The molecule has 1 atom stereocenters. The van der Waals surface area contributed by atoms with Crippen LogP contribution in [0.3, 0.4) is 0 Å². The van der Waals surface area contributed by atoms with Crippen LogP contribution in [-0.2, 0) is 23.2 Å². The molecule has 1 heterocycles. The number of pyridine rings is 1. The number of aliphatic hydroxyl groups is 1. The van der Waals surface area contributed by atoms with Gasteiger partial charge in [0.15, 0.2) is 0 Å². The number of carbonyl (C=O) groups is 1. The van der Waals surface area contributed by atoms with Crippen LogP contribution in [0.15, 0.2) is 42.7 Å². The monoisotopic (exact) mass is 314 g/mol. The van der Waals surface area contributed by atoms with Gasteiger partial charge >= 0.3 is 0 Å². The average Bonchev–Trinajstić information content (AvgIpc) is 2.89. The number of hydrogen-bond donors (Lipinski definition) is 2. The van der Waals surface area contributed by atoms with Crippen LogP contribution in [0.5, 0.6) is 0 Å². The van der Waals surface area contributed by atoms with Crippen LogP contribution < -0.4 is 5.32 Å². The van der Waals surface area contributed by atoms with Gasteiger partial charge < -0.3 is 10.4 Å². The zero-order valence-electron chi connectivity index (χ0n) is 12.8. The lowest BCUT2D eigenvalue weighted by atomic mass is 9.96. The van der Waals surface area contributed by atoms with Gasteiger partial charge in [-0.2, -0.15) is 0 Å². The van der Waals surface area contributed by atoms with Crippen molar-refractivity contribution in [3.63, 3.8) is 0 Å². The van der Waals surface area contributed by atoms with E-state index in [0.717, 1.165) is 23.7 Å². The van der Waals surface area contributed by atoms with E-state index in [1.54, 1.807) is 6.20 Å². The second kappa shape index (κ2) is 6.46. The maximum Gasteiger partial charge on any atom is 0.220 e. The van der Waals surface area contributed by atoms with Crippen molar-refractivity contribution in [3.8, 4) is 0 Å². The van der Waals surface area contributed by atoms with Crippen LogP contribution in [0.2, 0.25) is 0 Å². The first-order valence-electron chi connectivity index (χ1n) is 7.74. The molecule has 3 rings (SSSR count). The number of hydrogen-bond acceptors (Lipinski definition) is 3. The molecule has 1 aliphatic carbocycles. The van der Waals surface area contributed by atoms with Crippen LogP contribution in [0.1, 0.15) is 29.5 Å². The summed E-state index contributed by atoms with van der Waals surface area (Å²) in [6, 6.07) is 9.14. The quantitative estimate of drug-likeness (QED) is 0.888. The molecule has 1 aliphatic rings. The van der Waals surface area contributed by atoms with E-state index in [-0.39, 0.29) is 18.9 Å². The Balaban J connectivity index is 1.53. The fraction of sp³-hybridized carbons (Fsp3) is 0.333. The molecule has 0 bridgehead atoms. The van der Waals surface area contributed by atoms with E-state index in [0.29, 0.717) is 18.4 Å². The van der Waals surface area contributed by atoms with E-state index in [4.69, 9.17) is 0 Å². The molecule has 2 aromatic rings. The minimum atomic E-state index is -0.993. The van der Waals surface area contributed by atoms with Gasteiger partial charge in [-0.05, 0) is 42.0 Å². The van der Waals surface area contributed by atoms with Gasteiger partial charge in [0, 0.05) is 12.6 Å². The van der Waals surface area contributed by atoms with E-state index < -0.39 is 11.4 Å². The molecule has 1 amide bonds. The number of amides is 1. The maximum absolute atomic E-state index is 13.0. The number of benzene rings is 1. The summed E-state index contributed by atoms with van der Waals surface area (Å²) in [5, 5.41) is 13.5. The fourth-order valence-electron chi connectivity index (χ4n) is 3.04. The van der Waals surface area contributed by atoms with E-state index >= 15 is 0 Å². The molecule has 0 aliphatic heterocycles. The highest BCUT2D eigenvalue weighted by molar-refractivity contribution is 5.76. The van der Waals surface area contributed by atoms with Gasteiger partial charge in [0.2, 0.25) is 5.91 Å². The summed E-state index contributed by atoms with van der Waals surface area (Å²) in [7, 11) is 0. The Morgan fingerprint density at radius 3 is 3.00 bits per heavy atom. The topological polar surface area (TPSA) is 62.2 Å². The molecular weight excluding hydrogens is 295 g/mol. The Morgan fingerprint density at radius 1 is 1.35 bits per heavy atom. The fourth-order valence-corrected chi connectivity index (χ4v) is 3.04. The second-order valence-electron chi connectivity index (χ2n) is 5.98. The van der Waals surface area contributed by atoms with Gasteiger partial charge in [0.1, 0.15) is 11.4 Å². The standard InChI is InChI=1S/C18H19FN2O2/c19-15-9-13(10-20-11-15)5-6-17(22)21-12-18(23)8-7-14-3-1-2-4-16(14)18/h1-4,9-11,23H,5-8,12H2,(H,21,22). The van der Waals surface area contributed by atoms with Crippen LogP contribution in [0.25, 0.3) is 0 Å². The number of nitrogens with zero attached hydrogens (tertiary/aromatic N) is 1. The van der Waals surface area contributed by atoms with Crippen molar-refractivity contribution < 1.29 is 14.3 Å². The van der Waals surface area contributed by atoms with Crippen molar-refractivity contribution in [2.24, 2.45) is 0 Å². The van der Waals surface area contributed by atoms with Crippen LogP contribution in [-0.4, -0.2) is 22.5 Å². The van der Waals surface area contributed by atoms with Gasteiger partial charge in [-0.1, -0.05) is 24.3 Å². The summed E-state index contributed by atoms with van der Waals surface area (Å²) < 4.78 is 13.0. The molecule has 120 valence electrons. The summed E-state index contributed by atoms with van der Waals surface area (Å²) in [6.07, 6.45) is 4.78. The van der Waals surface area contributed by atoms with Gasteiger partial charge in [0.25, 0.3) is 0 Å². The van der Waals surface area contributed by atoms with E-state index in [1.807, 2.05) is 24.3 Å². The zero-order chi connectivity index (χ0) is 16.3. The molecular formula is C18H19FN2O2. The molecule has 0 spiro atoms. The van der Waals surface area contributed by atoms with Gasteiger partial charge in [-0.15, -0.1) is 0 Å². The SMILES string of the molecule is O=C(CCc1cncc(F)c1)NCC1(O)CCc2ccccc21. The molecule has 1 aromatic heterocycles. The number of halogens is 1. The summed E-state index contributed by atoms with van der Waals surface area (Å²) in [6.45, 7) is 0.199. The van der Waals surface area contributed by atoms with Crippen LogP contribution in [0, 0.1) is 5.82 Å². The van der Waals surface area contributed by atoms with E-state index in [2.05, 4.69) is 10.3 Å². The van der Waals surface area contributed by atoms with E-state index in [9.17, 15) is 14.3 Å². The molecule has 23 heavy (non-hydrogen) atoms. The predicted molar refractivity (Wildman–Crippen MR) is 84.2 cm³/mol. The van der Waals surface area contributed by atoms with Crippen molar-refractivity contribution in [1.82, 2.24) is 10.3 Å². The smallest absolute Gasteiger partial charge is 0.220 e. The highest BCUT2D eigenvalue weighted by Gasteiger charge is 2.36. The number of carbonyl (C=O) groups excluding carboxylic acids is 1. The minimum Gasteiger partial charge on any atom is -0.383 e. The Labute approximate surface area is 134 Å². The Hall–Kier alpha value is -2.27. The molecule has 1 unspecified atom stereocenters. The number of aromatic nitrogens is 1. The molecule has 0 saturated heterocycles. The summed E-state index contributed by atoms with van der Waals surface area (Å²) in [5.74, 6) is -0.563. The van der Waals surface area contributed by atoms with Crippen LogP contribution in [0.4, 0.5) is 4.39 Å². The number of fused-ring (bicyclic) bond motifs is 1. The van der Waals surface area contributed by atoms with Gasteiger partial charge in [-0.3, -0.25) is 9.78 Å². The van der Waals surface area contributed by atoms with Crippen molar-refractivity contribution >= 4 is 5.91 Å². The number of aryl methyl sites for hydroxylation is 2. The first kappa shape index (κ1) is 15.6. The molecule has 1 aromatic carbocycles. The second-order valence-corrected chi connectivity index (χ2v) is 5.98. The molecule has 2 N–H and O–H groups in total. The highest BCUT2D eigenvalue weighted by atomic mass is 19.1. The molecule has 0 radical (unpaired) electrons. The Kier molecular flexibility index (Phi) is 4.39. The normalized spacial score (nSPS) is 19.4. The summed E-state index contributed by atoms with van der Waals surface area (Å²) in [5.41, 5.74) is 1.72. The molecule has 0 saturated carbocycles. The lowest BCUT2D eigenvalue weighted by molar-refractivity contribution is -0.122. The third-order valence-electron chi connectivity index (χ3n) is 4.31. The van der Waals surface area contributed by atoms with Gasteiger partial charge in [-0.25, -0.2) is 4.39 Å². The van der Waals surface area contributed by atoms with Crippen molar-refractivity contribution in [2.75, 3.05) is 6.54 Å². The Morgan fingerprint density at radius 2 is 2.17 bits per heavy atom. The van der Waals surface area contributed by atoms with Gasteiger partial charge in [0.05, 0.1) is 12.7 Å². The summed E-state index contributed by atoms with van der Waals surface area (Å²) in [4.78, 5) is 15.7. The average molecular weight is 314 g/mol. The maximum atomic E-state index is 13.0. The first-order chi connectivity index (χ1) is 11.1. The minimum absolute atomic E-state index is 0.160. The largest absolute Gasteiger partial charge is 0.383 e. The first-order valence-corrected chi connectivity index (χ1v) is 7.74. The number of nitrogens with one attached hydrogen (secondary N) is 1. The number of rotatable bonds is 5.